The first-order valence-electron chi connectivity index (χ1n) is 8.25. The van der Waals surface area contributed by atoms with Crippen LogP contribution in [0.3, 0.4) is 0 Å². The summed E-state index contributed by atoms with van der Waals surface area (Å²) in [5.74, 6) is -0.480. The topological polar surface area (TPSA) is 75.6 Å². The average Bonchev–Trinajstić information content (AvgIpc) is 3.04. The predicted octanol–water partition coefficient (Wildman–Crippen LogP) is 3.89. The number of aliphatic carboxylic acids is 1. The van der Waals surface area contributed by atoms with Gasteiger partial charge in [-0.2, -0.15) is 0 Å². The van der Waals surface area contributed by atoms with Gasteiger partial charge in [-0.1, -0.05) is 29.8 Å². The molecule has 134 valence electrons. The molecular formula is C19H16ClNO4S. The number of carboxylic acids is 1. The lowest BCUT2D eigenvalue weighted by Gasteiger charge is -2.21. The van der Waals surface area contributed by atoms with E-state index >= 15 is 0 Å². The van der Waals surface area contributed by atoms with Gasteiger partial charge in [-0.15, -0.1) is 11.8 Å². The number of anilines is 1. The van der Waals surface area contributed by atoms with Crippen LogP contribution >= 0.6 is 23.4 Å². The summed E-state index contributed by atoms with van der Waals surface area (Å²) >= 11 is 7.54. The second-order valence-corrected chi connectivity index (χ2v) is 8.01. The van der Waals surface area contributed by atoms with E-state index in [4.69, 9.17) is 16.3 Å². The third-order valence-corrected chi connectivity index (χ3v) is 6.26. The number of carboxylic acid groups (broad SMARTS) is 1. The number of benzene rings is 2. The van der Waals surface area contributed by atoms with Crippen molar-refractivity contribution in [2.75, 3.05) is 11.9 Å². The third kappa shape index (κ3) is 3.15. The number of carbonyl (C=O) groups excluding carboxylic acids is 1. The first-order valence-corrected chi connectivity index (χ1v) is 9.57. The molecule has 0 saturated carbocycles. The van der Waals surface area contributed by atoms with Crippen LogP contribution in [0.2, 0.25) is 5.02 Å². The average molecular weight is 390 g/mol. The molecule has 2 aromatic rings. The molecule has 0 bridgehead atoms. The molecule has 0 aliphatic carbocycles. The van der Waals surface area contributed by atoms with E-state index in [0.717, 1.165) is 28.9 Å². The van der Waals surface area contributed by atoms with E-state index in [1.54, 1.807) is 12.1 Å². The predicted molar refractivity (Wildman–Crippen MR) is 101 cm³/mol. The summed E-state index contributed by atoms with van der Waals surface area (Å²) in [6.45, 7) is 0.627. The van der Waals surface area contributed by atoms with E-state index in [2.05, 4.69) is 5.32 Å². The van der Waals surface area contributed by atoms with Crippen LogP contribution in [-0.4, -0.2) is 28.8 Å². The van der Waals surface area contributed by atoms with Crippen LogP contribution < -0.4 is 10.1 Å². The molecule has 2 aliphatic rings. The van der Waals surface area contributed by atoms with Crippen molar-refractivity contribution in [1.29, 1.82) is 0 Å². The van der Waals surface area contributed by atoms with Gasteiger partial charge in [0.1, 0.15) is 5.75 Å². The van der Waals surface area contributed by atoms with Gasteiger partial charge in [0.15, 0.2) is 0 Å². The summed E-state index contributed by atoms with van der Waals surface area (Å²) in [4.78, 5) is 23.8. The minimum Gasteiger partial charge on any atom is -0.493 e. The fourth-order valence-electron chi connectivity index (χ4n) is 3.36. The number of nitrogens with one attached hydrogen (secondary N) is 1. The molecular weight excluding hydrogens is 374 g/mol. The van der Waals surface area contributed by atoms with Gasteiger partial charge in [-0.3, -0.25) is 9.59 Å². The Hall–Kier alpha value is -2.18. The van der Waals surface area contributed by atoms with Gasteiger partial charge in [0.05, 0.1) is 23.5 Å². The summed E-state index contributed by atoms with van der Waals surface area (Å²) < 4.78 is 5.84. The molecule has 2 unspecified atom stereocenters. The van der Waals surface area contributed by atoms with Crippen LogP contribution in [0.25, 0.3) is 0 Å². The molecule has 0 aromatic heterocycles. The van der Waals surface area contributed by atoms with Crippen molar-refractivity contribution in [2.45, 2.75) is 23.3 Å². The molecule has 4 rings (SSSR count). The second-order valence-electron chi connectivity index (χ2n) is 6.26. The molecule has 0 fully saturated rings. The highest BCUT2D eigenvalue weighted by Crippen LogP contribution is 2.49. The summed E-state index contributed by atoms with van der Waals surface area (Å²) in [5, 5.41) is 11.7. The van der Waals surface area contributed by atoms with Gasteiger partial charge in [0, 0.05) is 22.7 Å². The molecule has 2 atom stereocenters. The van der Waals surface area contributed by atoms with Gasteiger partial charge in [0.25, 0.3) is 0 Å². The van der Waals surface area contributed by atoms with Crippen LogP contribution in [0.5, 0.6) is 5.75 Å². The Morgan fingerprint density at radius 1 is 1.31 bits per heavy atom. The Morgan fingerprint density at radius 2 is 2.15 bits per heavy atom. The highest BCUT2D eigenvalue weighted by Gasteiger charge is 2.35. The van der Waals surface area contributed by atoms with Crippen molar-refractivity contribution in [3.63, 3.8) is 0 Å². The molecule has 7 heteroatoms. The maximum Gasteiger partial charge on any atom is 0.305 e. The van der Waals surface area contributed by atoms with E-state index in [9.17, 15) is 14.7 Å². The van der Waals surface area contributed by atoms with Crippen molar-refractivity contribution in [3.8, 4) is 5.75 Å². The Kier molecular flexibility index (Phi) is 4.54. The zero-order chi connectivity index (χ0) is 18.3. The Labute approximate surface area is 159 Å². The first kappa shape index (κ1) is 17.2. The van der Waals surface area contributed by atoms with E-state index in [1.807, 2.05) is 24.3 Å². The van der Waals surface area contributed by atoms with Gasteiger partial charge in [0.2, 0.25) is 5.91 Å². The monoisotopic (exact) mass is 389 g/mol. The summed E-state index contributed by atoms with van der Waals surface area (Å²) in [6.07, 6.45) is 0.600. The molecule has 2 aromatic carbocycles. The summed E-state index contributed by atoms with van der Waals surface area (Å²) in [5.41, 5.74) is 3.58. The van der Waals surface area contributed by atoms with Crippen LogP contribution in [0.4, 0.5) is 5.69 Å². The SMILES string of the molecule is O=C(O)CC1SC(c2cccc3c2OCC3)c2cc(Cl)ccc2NC1=O. The zero-order valence-corrected chi connectivity index (χ0v) is 15.3. The van der Waals surface area contributed by atoms with Crippen molar-refractivity contribution in [2.24, 2.45) is 0 Å². The lowest BCUT2D eigenvalue weighted by Crippen LogP contribution is -2.26. The van der Waals surface area contributed by atoms with E-state index in [1.165, 1.54) is 11.8 Å². The zero-order valence-electron chi connectivity index (χ0n) is 13.7. The fraction of sp³-hybridized carbons (Fsp3) is 0.263. The Bertz CT molecular complexity index is 901. The van der Waals surface area contributed by atoms with Crippen LogP contribution in [-0.2, 0) is 16.0 Å². The van der Waals surface area contributed by atoms with Gasteiger partial charge in [-0.05, 0) is 29.3 Å². The van der Waals surface area contributed by atoms with Crippen LogP contribution in [0.1, 0.15) is 28.4 Å². The Morgan fingerprint density at radius 3 is 2.96 bits per heavy atom. The molecule has 0 saturated heterocycles. The van der Waals surface area contributed by atoms with Gasteiger partial charge in [-0.25, -0.2) is 0 Å². The normalized spacial score (nSPS) is 21.2. The second kappa shape index (κ2) is 6.85. The van der Waals surface area contributed by atoms with Crippen molar-refractivity contribution < 1.29 is 19.4 Å². The standard InChI is InChI=1S/C19H16ClNO4S/c20-11-4-5-14-13(8-11)18(26-15(9-16(22)23)19(24)21-14)12-3-1-2-10-6-7-25-17(10)12/h1-5,8,15,18H,6-7,9H2,(H,21,24)(H,22,23). The summed E-state index contributed by atoms with van der Waals surface area (Å²) in [6, 6.07) is 11.3. The number of carbonyl (C=O) groups is 2. The molecule has 2 N–H and O–H groups in total. The van der Waals surface area contributed by atoms with E-state index in [-0.39, 0.29) is 17.6 Å². The molecule has 2 heterocycles. The lowest BCUT2D eigenvalue weighted by atomic mass is 9.99. The molecule has 5 nitrogen and oxygen atoms in total. The lowest BCUT2D eigenvalue weighted by molar-refractivity contribution is -0.138. The molecule has 2 aliphatic heterocycles. The van der Waals surface area contributed by atoms with Crippen molar-refractivity contribution in [3.05, 3.63) is 58.1 Å². The van der Waals surface area contributed by atoms with Crippen molar-refractivity contribution >= 4 is 40.9 Å². The minimum atomic E-state index is -1.00. The number of fused-ring (bicyclic) bond motifs is 2. The first-order chi connectivity index (χ1) is 12.5. The Balaban J connectivity index is 1.85. The number of hydrogen-bond acceptors (Lipinski definition) is 4. The molecule has 0 radical (unpaired) electrons. The van der Waals surface area contributed by atoms with Gasteiger partial charge < -0.3 is 15.2 Å². The fourth-order valence-corrected chi connectivity index (χ4v) is 4.97. The number of para-hydroxylation sites is 1. The third-order valence-electron chi connectivity index (χ3n) is 4.53. The van der Waals surface area contributed by atoms with Crippen LogP contribution in [0.15, 0.2) is 36.4 Å². The molecule has 0 spiro atoms. The number of ether oxygens (including phenoxy) is 1. The number of hydrogen-bond donors (Lipinski definition) is 2. The van der Waals surface area contributed by atoms with Gasteiger partial charge >= 0.3 is 5.97 Å². The minimum absolute atomic E-state index is 0.245. The number of thioether (sulfide) groups is 1. The van der Waals surface area contributed by atoms with Crippen molar-refractivity contribution in [1.82, 2.24) is 0 Å². The number of rotatable bonds is 3. The maximum atomic E-state index is 12.5. The number of amides is 1. The largest absolute Gasteiger partial charge is 0.493 e. The smallest absolute Gasteiger partial charge is 0.305 e. The highest BCUT2D eigenvalue weighted by atomic mass is 35.5. The van der Waals surface area contributed by atoms with Crippen LogP contribution in [0, 0.1) is 0 Å². The summed E-state index contributed by atoms with van der Waals surface area (Å²) in [7, 11) is 0. The molecule has 1 amide bonds. The quantitative estimate of drug-likeness (QED) is 0.832. The van der Waals surface area contributed by atoms with E-state index in [0.29, 0.717) is 17.3 Å². The number of halogens is 1. The molecule has 26 heavy (non-hydrogen) atoms. The highest BCUT2D eigenvalue weighted by molar-refractivity contribution is 8.01. The maximum absolute atomic E-state index is 12.5. The van der Waals surface area contributed by atoms with E-state index < -0.39 is 11.2 Å².